The Morgan fingerprint density at radius 2 is 1.75 bits per heavy atom. The highest BCUT2D eigenvalue weighted by Crippen LogP contribution is 2.12. The van der Waals surface area contributed by atoms with E-state index >= 15 is 0 Å². The molecule has 128 valence electrons. The summed E-state index contributed by atoms with van der Waals surface area (Å²) >= 11 is 0. The number of halogens is 1. The molecule has 0 atom stereocenters. The van der Waals surface area contributed by atoms with Crippen LogP contribution in [0.25, 0.3) is 0 Å². The fraction of sp³-hybridized carbons (Fsp3) is 0.350. The minimum absolute atomic E-state index is 0.0988. The topological polar surface area (TPSA) is 32.3 Å². The van der Waals surface area contributed by atoms with E-state index in [-0.39, 0.29) is 18.1 Å². The minimum atomic E-state index is -0.315. The van der Waals surface area contributed by atoms with Crippen LogP contribution in [0.4, 0.5) is 4.39 Å². The van der Waals surface area contributed by atoms with Crippen molar-refractivity contribution in [1.82, 2.24) is 10.2 Å². The zero-order valence-electron chi connectivity index (χ0n) is 14.4. The molecule has 0 saturated heterocycles. The van der Waals surface area contributed by atoms with Gasteiger partial charge in [0.15, 0.2) is 0 Å². The van der Waals surface area contributed by atoms with Gasteiger partial charge in [0.1, 0.15) is 5.82 Å². The van der Waals surface area contributed by atoms with Gasteiger partial charge in [-0.05, 0) is 41.9 Å². The summed E-state index contributed by atoms with van der Waals surface area (Å²) < 4.78 is 13.2. The summed E-state index contributed by atoms with van der Waals surface area (Å²) in [7, 11) is 0. The third-order valence-corrected chi connectivity index (χ3v) is 4.14. The summed E-state index contributed by atoms with van der Waals surface area (Å²) in [6, 6.07) is 14.3. The van der Waals surface area contributed by atoms with Crippen LogP contribution in [0.15, 0.2) is 48.5 Å². The van der Waals surface area contributed by atoms with Crippen LogP contribution in [-0.4, -0.2) is 23.9 Å². The van der Waals surface area contributed by atoms with Crippen molar-refractivity contribution in [2.75, 3.05) is 13.1 Å². The van der Waals surface area contributed by atoms with Gasteiger partial charge in [-0.3, -0.25) is 9.69 Å². The standard InChI is InChI=1S/C20H25FN2O/c1-3-23(4-2)15-18-10-6-5-9-17(18)14-22-20(24)13-16-8-7-11-19(21)12-16/h5-12H,3-4,13-15H2,1-2H3,(H,22,24). The van der Waals surface area contributed by atoms with Gasteiger partial charge in [-0.2, -0.15) is 0 Å². The van der Waals surface area contributed by atoms with Crippen LogP contribution in [0.2, 0.25) is 0 Å². The zero-order chi connectivity index (χ0) is 17.4. The van der Waals surface area contributed by atoms with Crippen LogP contribution in [0.5, 0.6) is 0 Å². The van der Waals surface area contributed by atoms with Crippen molar-refractivity contribution in [3.05, 3.63) is 71.0 Å². The number of benzene rings is 2. The molecule has 1 N–H and O–H groups in total. The first kappa shape index (κ1) is 18.1. The summed E-state index contributed by atoms with van der Waals surface area (Å²) in [6.07, 6.45) is 0.190. The Labute approximate surface area is 143 Å². The Balaban J connectivity index is 1.95. The normalized spacial score (nSPS) is 10.8. The van der Waals surface area contributed by atoms with Gasteiger partial charge in [-0.1, -0.05) is 50.2 Å². The van der Waals surface area contributed by atoms with Crippen molar-refractivity contribution in [3.63, 3.8) is 0 Å². The van der Waals surface area contributed by atoms with Crippen LogP contribution >= 0.6 is 0 Å². The van der Waals surface area contributed by atoms with Gasteiger partial charge in [0.05, 0.1) is 6.42 Å². The molecule has 0 aromatic heterocycles. The fourth-order valence-electron chi connectivity index (χ4n) is 2.66. The number of amides is 1. The molecule has 0 aliphatic carbocycles. The molecular weight excluding hydrogens is 303 g/mol. The Bertz CT molecular complexity index is 668. The number of hydrogen-bond acceptors (Lipinski definition) is 2. The molecule has 0 fully saturated rings. The third kappa shape index (κ3) is 5.46. The summed E-state index contributed by atoms with van der Waals surface area (Å²) in [5.41, 5.74) is 3.04. The molecule has 0 aliphatic heterocycles. The van der Waals surface area contributed by atoms with Gasteiger partial charge in [0, 0.05) is 13.1 Å². The molecule has 0 heterocycles. The summed E-state index contributed by atoms with van der Waals surface area (Å²) in [4.78, 5) is 14.4. The number of carbonyl (C=O) groups excluding carboxylic acids is 1. The number of nitrogens with zero attached hydrogens (tertiary/aromatic N) is 1. The Hall–Kier alpha value is -2.20. The fourth-order valence-corrected chi connectivity index (χ4v) is 2.66. The van der Waals surface area contributed by atoms with E-state index in [4.69, 9.17) is 0 Å². The summed E-state index contributed by atoms with van der Waals surface area (Å²) in [5.74, 6) is -0.414. The van der Waals surface area contributed by atoms with Gasteiger partial charge >= 0.3 is 0 Å². The quantitative estimate of drug-likeness (QED) is 0.804. The largest absolute Gasteiger partial charge is 0.352 e. The van der Waals surface area contributed by atoms with Crippen molar-refractivity contribution in [1.29, 1.82) is 0 Å². The number of hydrogen-bond donors (Lipinski definition) is 1. The zero-order valence-corrected chi connectivity index (χ0v) is 14.4. The average molecular weight is 328 g/mol. The molecule has 1 amide bonds. The Kier molecular flexibility index (Phi) is 6.94. The van der Waals surface area contributed by atoms with Crippen LogP contribution in [-0.2, 0) is 24.3 Å². The lowest BCUT2D eigenvalue weighted by molar-refractivity contribution is -0.120. The van der Waals surface area contributed by atoms with Gasteiger partial charge in [-0.25, -0.2) is 4.39 Å². The monoisotopic (exact) mass is 328 g/mol. The van der Waals surface area contributed by atoms with E-state index in [9.17, 15) is 9.18 Å². The highest BCUT2D eigenvalue weighted by Gasteiger charge is 2.08. The molecule has 2 aromatic rings. The molecule has 2 aromatic carbocycles. The van der Waals surface area contributed by atoms with Crippen molar-refractivity contribution in [3.8, 4) is 0 Å². The molecule has 24 heavy (non-hydrogen) atoms. The highest BCUT2D eigenvalue weighted by molar-refractivity contribution is 5.78. The summed E-state index contributed by atoms with van der Waals surface area (Å²) in [6.45, 7) is 7.65. The van der Waals surface area contributed by atoms with Gasteiger partial charge in [0.2, 0.25) is 5.91 Å². The number of rotatable bonds is 8. The first-order valence-electron chi connectivity index (χ1n) is 8.42. The Morgan fingerprint density at radius 1 is 1.04 bits per heavy atom. The lowest BCUT2D eigenvalue weighted by Gasteiger charge is -2.20. The summed E-state index contributed by atoms with van der Waals surface area (Å²) in [5, 5.41) is 2.94. The molecule has 0 unspecified atom stereocenters. The van der Waals surface area contributed by atoms with E-state index in [2.05, 4.69) is 30.1 Å². The van der Waals surface area contributed by atoms with E-state index in [1.54, 1.807) is 12.1 Å². The van der Waals surface area contributed by atoms with Crippen molar-refractivity contribution in [2.24, 2.45) is 0 Å². The van der Waals surface area contributed by atoms with E-state index in [0.29, 0.717) is 12.1 Å². The van der Waals surface area contributed by atoms with Crippen molar-refractivity contribution in [2.45, 2.75) is 33.4 Å². The predicted molar refractivity (Wildman–Crippen MR) is 95.0 cm³/mol. The second-order valence-electron chi connectivity index (χ2n) is 5.81. The first-order chi connectivity index (χ1) is 11.6. The van der Waals surface area contributed by atoms with Crippen LogP contribution in [0, 0.1) is 5.82 Å². The number of carbonyl (C=O) groups is 1. The van der Waals surface area contributed by atoms with Gasteiger partial charge in [0.25, 0.3) is 0 Å². The van der Waals surface area contributed by atoms with Crippen LogP contribution in [0.1, 0.15) is 30.5 Å². The van der Waals surface area contributed by atoms with Gasteiger partial charge in [-0.15, -0.1) is 0 Å². The maximum absolute atomic E-state index is 13.2. The lowest BCUT2D eigenvalue weighted by atomic mass is 10.1. The molecule has 0 saturated carbocycles. The van der Waals surface area contributed by atoms with E-state index in [1.807, 2.05) is 18.2 Å². The van der Waals surface area contributed by atoms with Crippen LogP contribution in [0.3, 0.4) is 0 Å². The molecular formula is C20H25FN2O. The maximum atomic E-state index is 13.2. The maximum Gasteiger partial charge on any atom is 0.224 e. The Morgan fingerprint density at radius 3 is 2.42 bits per heavy atom. The second kappa shape index (κ2) is 9.18. The molecule has 0 bridgehead atoms. The van der Waals surface area contributed by atoms with E-state index in [0.717, 1.165) is 25.2 Å². The molecule has 0 radical (unpaired) electrons. The van der Waals surface area contributed by atoms with Crippen LogP contribution < -0.4 is 5.32 Å². The second-order valence-corrected chi connectivity index (χ2v) is 5.81. The predicted octanol–water partition coefficient (Wildman–Crippen LogP) is 3.53. The SMILES string of the molecule is CCN(CC)Cc1ccccc1CNC(=O)Cc1cccc(F)c1. The average Bonchev–Trinajstić information content (AvgIpc) is 2.58. The number of nitrogens with one attached hydrogen (secondary N) is 1. The minimum Gasteiger partial charge on any atom is -0.352 e. The van der Waals surface area contributed by atoms with E-state index < -0.39 is 0 Å². The highest BCUT2D eigenvalue weighted by atomic mass is 19.1. The molecule has 3 nitrogen and oxygen atoms in total. The van der Waals surface area contributed by atoms with E-state index in [1.165, 1.54) is 17.7 Å². The smallest absolute Gasteiger partial charge is 0.224 e. The van der Waals surface area contributed by atoms with Gasteiger partial charge < -0.3 is 5.32 Å². The molecule has 0 spiro atoms. The third-order valence-electron chi connectivity index (χ3n) is 4.14. The molecule has 0 aliphatic rings. The molecule has 4 heteroatoms. The lowest BCUT2D eigenvalue weighted by Crippen LogP contribution is -2.27. The molecule has 2 rings (SSSR count). The van der Waals surface area contributed by atoms with Crippen molar-refractivity contribution < 1.29 is 9.18 Å². The van der Waals surface area contributed by atoms with Crippen molar-refractivity contribution >= 4 is 5.91 Å². The first-order valence-corrected chi connectivity index (χ1v) is 8.42.